The van der Waals surface area contributed by atoms with Crippen molar-refractivity contribution in [1.82, 2.24) is 15.1 Å². The van der Waals surface area contributed by atoms with Crippen LogP contribution in [0.1, 0.15) is 36.4 Å². The molecule has 2 heterocycles. The van der Waals surface area contributed by atoms with Crippen molar-refractivity contribution in [2.45, 2.75) is 26.3 Å². The lowest BCUT2D eigenvalue weighted by atomic mass is 10.1. The van der Waals surface area contributed by atoms with Crippen LogP contribution in [0.25, 0.3) is 11.5 Å². The molecule has 1 aliphatic rings. The second-order valence-corrected chi connectivity index (χ2v) is 7.49. The molecule has 1 fully saturated rings. The fourth-order valence-corrected chi connectivity index (χ4v) is 3.78. The Morgan fingerprint density at radius 2 is 1.79 bits per heavy atom. The Labute approximate surface area is 171 Å². The van der Waals surface area contributed by atoms with Gasteiger partial charge in [-0.05, 0) is 44.5 Å². The van der Waals surface area contributed by atoms with Crippen LogP contribution in [0.4, 0.5) is 5.69 Å². The van der Waals surface area contributed by atoms with E-state index in [0.717, 1.165) is 49.4 Å². The topological polar surface area (TPSA) is 69.2 Å². The first-order valence-electron chi connectivity index (χ1n) is 10.0. The molecule has 4 rings (SSSR count). The first-order valence-corrected chi connectivity index (χ1v) is 10.0. The van der Waals surface area contributed by atoms with Crippen molar-refractivity contribution < 1.29 is 4.42 Å². The number of para-hydroxylation sites is 1. The highest BCUT2D eigenvalue weighted by atomic mass is 16.4. The minimum Gasteiger partial charge on any atom is -0.419 e. The average Bonchev–Trinajstić information content (AvgIpc) is 3.12. The number of benzene rings is 2. The van der Waals surface area contributed by atoms with Crippen LogP contribution in [-0.2, 0) is 0 Å². The molecular formula is C23H25N5O. The van der Waals surface area contributed by atoms with Gasteiger partial charge in [-0.2, -0.15) is 5.26 Å². The van der Waals surface area contributed by atoms with Crippen molar-refractivity contribution in [3.8, 4) is 17.5 Å². The number of anilines is 1. The van der Waals surface area contributed by atoms with Gasteiger partial charge in [0.1, 0.15) is 6.07 Å². The summed E-state index contributed by atoms with van der Waals surface area (Å²) in [4.78, 5) is 4.68. The van der Waals surface area contributed by atoms with Gasteiger partial charge in [-0.3, -0.25) is 4.90 Å². The fourth-order valence-electron chi connectivity index (χ4n) is 3.78. The number of nitriles is 1. The maximum atomic E-state index is 9.41. The Hall–Kier alpha value is -3.17. The summed E-state index contributed by atoms with van der Waals surface area (Å²) in [5, 5.41) is 18.0. The second-order valence-electron chi connectivity index (χ2n) is 7.49. The van der Waals surface area contributed by atoms with Gasteiger partial charge in [0, 0.05) is 31.7 Å². The predicted octanol–water partition coefficient (Wildman–Crippen LogP) is 4.19. The van der Waals surface area contributed by atoms with Crippen LogP contribution >= 0.6 is 0 Å². The summed E-state index contributed by atoms with van der Waals surface area (Å²) in [7, 11) is 0. The van der Waals surface area contributed by atoms with Crippen LogP contribution in [0.3, 0.4) is 0 Å². The van der Waals surface area contributed by atoms with E-state index in [1.54, 1.807) is 0 Å². The molecule has 0 amide bonds. The van der Waals surface area contributed by atoms with Gasteiger partial charge < -0.3 is 9.32 Å². The molecule has 0 radical (unpaired) electrons. The third-order valence-corrected chi connectivity index (χ3v) is 5.54. The van der Waals surface area contributed by atoms with Crippen LogP contribution in [-0.4, -0.2) is 41.3 Å². The lowest BCUT2D eigenvalue weighted by molar-refractivity contribution is 0.196. The molecule has 0 saturated carbocycles. The number of hydrogen-bond donors (Lipinski definition) is 0. The summed E-state index contributed by atoms with van der Waals surface area (Å²) < 4.78 is 5.99. The molecule has 1 saturated heterocycles. The lowest BCUT2D eigenvalue weighted by Crippen LogP contribution is -2.33. The first-order chi connectivity index (χ1) is 14.2. The average molecular weight is 387 g/mol. The monoisotopic (exact) mass is 387 g/mol. The fraction of sp³-hybridized carbons (Fsp3) is 0.348. The van der Waals surface area contributed by atoms with Crippen molar-refractivity contribution in [2.24, 2.45) is 0 Å². The molecule has 148 valence electrons. The summed E-state index contributed by atoms with van der Waals surface area (Å²) in [5.74, 6) is 1.21. The second kappa shape index (κ2) is 8.46. The minimum atomic E-state index is 0.0489. The highest BCUT2D eigenvalue weighted by molar-refractivity contribution is 5.59. The van der Waals surface area contributed by atoms with Gasteiger partial charge in [-0.1, -0.05) is 29.8 Å². The number of nitrogens with zero attached hydrogens (tertiary/aromatic N) is 5. The number of aromatic nitrogens is 2. The first kappa shape index (κ1) is 19.2. The molecule has 0 N–H and O–H groups in total. The number of aryl methyl sites for hydroxylation is 1. The molecule has 0 unspecified atom stereocenters. The lowest BCUT2D eigenvalue weighted by Gasteiger charge is -2.26. The predicted molar refractivity (Wildman–Crippen MR) is 112 cm³/mol. The van der Waals surface area contributed by atoms with E-state index in [9.17, 15) is 5.26 Å². The van der Waals surface area contributed by atoms with Gasteiger partial charge in [-0.25, -0.2) is 0 Å². The van der Waals surface area contributed by atoms with Crippen LogP contribution in [0, 0.1) is 18.3 Å². The largest absolute Gasteiger partial charge is 0.419 e. The van der Waals surface area contributed by atoms with Crippen LogP contribution in [0.5, 0.6) is 0 Å². The zero-order chi connectivity index (χ0) is 20.2. The van der Waals surface area contributed by atoms with Crippen molar-refractivity contribution >= 4 is 5.69 Å². The van der Waals surface area contributed by atoms with E-state index >= 15 is 0 Å². The van der Waals surface area contributed by atoms with E-state index in [4.69, 9.17) is 4.42 Å². The molecule has 1 aromatic heterocycles. The summed E-state index contributed by atoms with van der Waals surface area (Å²) in [5.41, 5.74) is 3.89. The maximum Gasteiger partial charge on any atom is 0.247 e. The van der Waals surface area contributed by atoms with E-state index < -0.39 is 0 Å². The van der Waals surface area contributed by atoms with Gasteiger partial charge in [0.05, 0.1) is 17.3 Å². The minimum absolute atomic E-state index is 0.0489. The van der Waals surface area contributed by atoms with Gasteiger partial charge in [0.15, 0.2) is 0 Å². The highest BCUT2D eigenvalue weighted by Crippen LogP contribution is 2.27. The smallest absolute Gasteiger partial charge is 0.247 e. The summed E-state index contributed by atoms with van der Waals surface area (Å²) >= 11 is 0. The van der Waals surface area contributed by atoms with Crippen LogP contribution < -0.4 is 4.90 Å². The summed E-state index contributed by atoms with van der Waals surface area (Å²) in [6, 6.07) is 18.3. The molecule has 1 aliphatic heterocycles. The van der Waals surface area contributed by atoms with Crippen molar-refractivity contribution in [3.05, 3.63) is 65.5 Å². The number of hydrogen-bond acceptors (Lipinski definition) is 6. The van der Waals surface area contributed by atoms with E-state index in [0.29, 0.717) is 11.8 Å². The standard InChI is InChI=1S/C23H25N5O/c1-17-8-10-19(11-9-17)23-26-25-22(29-23)18(2)27-12-5-13-28(15-14-27)21-7-4-3-6-20(21)16-24/h3-4,6-11,18H,5,12-15H2,1-2H3/t18-/m0/s1. The quantitative estimate of drug-likeness (QED) is 0.669. The Morgan fingerprint density at radius 1 is 1.00 bits per heavy atom. The van der Waals surface area contributed by atoms with E-state index in [1.807, 2.05) is 48.5 Å². The van der Waals surface area contributed by atoms with Crippen molar-refractivity contribution in [3.63, 3.8) is 0 Å². The van der Waals surface area contributed by atoms with E-state index in [1.165, 1.54) is 5.56 Å². The zero-order valence-electron chi connectivity index (χ0n) is 16.9. The molecule has 3 aromatic rings. The summed E-state index contributed by atoms with van der Waals surface area (Å²) in [6.07, 6.45) is 1.02. The van der Waals surface area contributed by atoms with Crippen LogP contribution in [0.2, 0.25) is 0 Å². The SMILES string of the molecule is Cc1ccc(-c2nnc([C@H](C)N3CCCN(c4ccccc4C#N)CC3)o2)cc1. The van der Waals surface area contributed by atoms with Gasteiger partial charge in [0.25, 0.3) is 0 Å². The number of rotatable bonds is 4. The van der Waals surface area contributed by atoms with Crippen molar-refractivity contribution in [1.29, 1.82) is 5.26 Å². The Bertz CT molecular complexity index is 1000. The molecule has 6 heteroatoms. The molecular weight excluding hydrogens is 362 g/mol. The normalized spacial score (nSPS) is 16.2. The van der Waals surface area contributed by atoms with E-state index in [2.05, 4.69) is 39.9 Å². The molecule has 2 aromatic carbocycles. The van der Waals surface area contributed by atoms with Gasteiger partial charge in [0.2, 0.25) is 11.8 Å². The molecule has 29 heavy (non-hydrogen) atoms. The highest BCUT2D eigenvalue weighted by Gasteiger charge is 2.25. The molecule has 1 atom stereocenters. The van der Waals surface area contributed by atoms with E-state index in [-0.39, 0.29) is 6.04 Å². The molecule has 0 bridgehead atoms. The van der Waals surface area contributed by atoms with Crippen LogP contribution in [0.15, 0.2) is 52.9 Å². The Kier molecular flexibility index (Phi) is 5.59. The Morgan fingerprint density at radius 3 is 2.59 bits per heavy atom. The summed E-state index contributed by atoms with van der Waals surface area (Å²) in [6.45, 7) is 7.80. The zero-order valence-corrected chi connectivity index (χ0v) is 16.9. The maximum absolute atomic E-state index is 9.41. The Balaban J connectivity index is 1.46. The molecule has 0 spiro atoms. The van der Waals surface area contributed by atoms with Gasteiger partial charge in [-0.15, -0.1) is 10.2 Å². The molecule has 0 aliphatic carbocycles. The van der Waals surface area contributed by atoms with Gasteiger partial charge >= 0.3 is 0 Å². The molecule has 6 nitrogen and oxygen atoms in total. The third-order valence-electron chi connectivity index (χ3n) is 5.54. The third kappa shape index (κ3) is 4.15. The van der Waals surface area contributed by atoms with Crippen molar-refractivity contribution in [2.75, 3.05) is 31.1 Å².